The highest BCUT2D eigenvalue weighted by atomic mass is 127. The zero-order chi connectivity index (χ0) is 19.1. The molecule has 156 valence electrons. The molecular weight excluding hydrogens is 485 g/mol. The first-order valence-corrected chi connectivity index (χ1v) is 10.7. The Bertz CT molecular complexity index is 749. The second-order valence-electron chi connectivity index (χ2n) is 7.00. The molecule has 2 N–H and O–H groups in total. The molecule has 0 atom stereocenters. The van der Waals surface area contributed by atoms with Crippen LogP contribution in [0.3, 0.4) is 0 Å². The summed E-state index contributed by atoms with van der Waals surface area (Å²) in [6.07, 6.45) is 4.50. The fourth-order valence-electron chi connectivity index (χ4n) is 3.33. The standard InChI is InChI=1S/C19H31N7S.HI/c1-15-13-16(2)26(24-15)12-6-8-21-18(20-3)22-9-7-17-14-27-19(23-17)25-10-4-5-11-25;/h13-14H,4-12H2,1-3H3,(H2,20,21,22);1H. The summed E-state index contributed by atoms with van der Waals surface area (Å²) in [6.45, 7) is 9.06. The lowest BCUT2D eigenvalue weighted by atomic mass is 10.3. The van der Waals surface area contributed by atoms with Gasteiger partial charge in [0.2, 0.25) is 0 Å². The van der Waals surface area contributed by atoms with Crippen LogP contribution in [0.4, 0.5) is 5.13 Å². The van der Waals surface area contributed by atoms with Gasteiger partial charge < -0.3 is 15.5 Å². The minimum Gasteiger partial charge on any atom is -0.356 e. The Hall–Kier alpha value is -1.36. The topological polar surface area (TPSA) is 70.4 Å². The molecule has 3 rings (SSSR count). The van der Waals surface area contributed by atoms with E-state index in [0.29, 0.717) is 0 Å². The minimum absolute atomic E-state index is 0. The van der Waals surface area contributed by atoms with Crippen LogP contribution >= 0.6 is 35.3 Å². The van der Waals surface area contributed by atoms with E-state index in [9.17, 15) is 0 Å². The third-order valence-electron chi connectivity index (χ3n) is 4.76. The lowest BCUT2D eigenvalue weighted by molar-refractivity contribution is 0.555. The predicted molar refractivity (Wildman–Crippen MR) is 128 cm³/mol. The largest absolute Gasteiger partial charge is 0.356 e. The van der Waals surface area contributed by atoms with E-state index in [1.165, 1.54) is 23.7 Å². The molecular formula is C19H32IN7S. The van der Waals surface area contributed by atoms with Crippen molar-refractivity contribution in [2.45, 2.75) is 46.1 Å². The Morgan fingerprint density at radius 3 is 2.64 bits per heavy atom. The molecule has 1 saturated heterocycles. The molecule has 1 fully saturated rings. The van der Waals surface area contributed by atoms with Crippen LogP contribution in [-0.4, -0.2) is 54.0 Å². The van der Waals surface area contributed by atoms with Crippen molar-refractivity contribution in [2.24, 2.45) is 4.99 Å². The number of aromatic nitrogens is 3. The molecule has 0 unspecified atom stereocenters. The number of aliphatic imine (C=N–C) groups is 1. The van der Waals surface area contributed by atoms with Gasteiger partial charge >= 0.3 is 0 Å². The highest BCUT2D eigenvalue weighted by molar-refractivity contribution is 14.0. The molecule has 2 aromatic rings. The van der Waals surface area contributed by atoms with Crippen LogP contribution in [0.15, 0.2) is 16.4 Å². The average Bonchev–Trinajstić information content (AvgIpc) is 3.38. The molecule has 9 heteroatoms. The number of guanidine groups is 1. The van der Waals surface area contributed by atoms with Gasteiger partial charge in [0.15, 0.2) is 11.1 Å². The van der Waals surface area contributed by atoms with Crippen LogP contribution < -0.4 is 15.5 Å². The summed E-state index contributed by atoms with van der Waals surface area (Å²) in [5.74, 6) is 0.846. The van der Waals surface area contributed by atoms with E-state index in [1.54, 1.807) is 11.3 Å². The van der Waals surface area contributed by atoms with Gasteiger partial charge in [-0.15, -0.1) is 35.3 Å². The average molecular weight is 517 g/mol. The molecule has 0 amide bonds. The number of nitrogens with zero attached hydrogens (tertiary/aromatic N) is 5. The number of aryl methyl sites for hydroxylation is 3. The van der Waals surface area contributed by atoms with E-state index in [2.05, 4.69) is 48.7 Å². The fraction of sp³-hybridized carbons (Fsp3) is 0.632. The molecule has 0 radical (unpaired) electrons. The lowest BCUT2D eigenvalue weighted by Gasteiger charge is -2.13. The van der Waals surface area contributed by atoms with Crippen molar-refractivity contribution >= 4 is 46.4 Å². The number of hydrogen-bond acceptors (Lipinski definition) is 5. The van der Waals surface area contributed by atoms with Gasteiger partial charge in [-0.05, 0) is 39.2 Å². The molecule has 0 spiro atoms. The molecule has 0 aliphatic carbocycles. The molecule has 0 aromatic carbocycles. The summed E-state index contributed by atoms with van der Waals surface area (Å²) in [7, 11) is 1.81. The number of anilines is 1. The SMILES string of the molecule is CN=C(NCCCn1nc(C)cc1C)NCCc1csc(N2CCCC2)n1.I. The second kappa shape index (κ2) is 11.6. The van der Waals surface area contributed by atoms with Crippen LogP contribution in [0.5, 0.6) is 0 Å². The van der Waals surface area contributed by atoms with Gasteiger partial charge in [0, 0.05) is 57.3 Å². The summed E-state index contributed by atoms with van der Waals surface area (Å²) in [5, 5.41) is 14.6. The van der Waals surface area contributed by atoms with E-state index in [1.807, 2.05) is 14.0 Å². The Labute approximate surface area is 189 Å². The zero-order valence-electron chi connectivity index (χ0n) is 17.1. The van der Waals surface area contributed by atoms with E-state index in [-0.39, 0.29) is 24.0 Å². The van der Waals surface area contributed by atoms with E-state index < -0.39 is 0 Å². The summed E-state index contributed by atoms with van der Waals surface area (Å²) in [5.41, 5.74) is 3.45. The summed E-state index contributed by atoms with van der Waals surface area (Å²) in [4.78, 5) is 11.5. The lowest BCUT2D eigenvalue weighted by Crippen LogP contribution is -2.39. The quantitative estimate of drug-likeness (QED) is 0.244. The maximum absolute atomic E-state index is 4.77. The number of rotatable bonds is 8. The highest BCUT2D eigenvalue weighted by Gasteiger charge is 2.15. The summed E-state index contributed by atoms with van der Waals surface area (Å²) >= 11 is 1.76. The maximum atomic E-state index is 4.77. The fourth-order valence-corrected chi connectivity index (χ4v) is 4.24. The molecule has 2 aromatic heterocycles. The second-order valence-corrected chi connectivity index (χ2v) is 7.83. The van der Waals surface area contributed by atoms with Gasteiger partial charge in [0.1, 0.15) is 0 Å². The van der Waals surface area contributed by atoms with E-state index >= 15 is 0 Å². The van der Waals surface area contributed by atoms with Crippen molar-refractivity contribution in [3.05, 3.63) is 28.5 Å². The van der Waals surface area contributed by atoms with Crippen LogP contribution in [0, 0.1) is 13.8 Å². The first-order chi connectivity index (χ1) is 13.2. The van der Waals surface area contributed by atoms with Gasteiger partial charge in [0.25, 0.3) is 0 Å². The summed E-state index contributed by atoms with van der Waals surface area (Å²) in [6, 6.07) is 2.11. The van der Waals surface area contributed by atoms with Gasteiger partial charge in [-0.2, -0.15) is 5.10 Å². The smallest absolute Gasteiger partial charge is 0.190 e. The van der Waals surface area contributed by atoms with Crippen molar-refractivity contribution in [1.29, 1.82) is 0 Å². The van der Waals surface area contributed by atoms with Crippen LogP contribution in [-0.2, 0) is 13.0 Å². The van der Waals surface area contributed by atoms with Gasteiger partial charge in [-0.25, -0.2) is 4.98 Å². The number of halogens is 1. The van der Waals surface area contributed by atoms with Crippen molar-refractivity contribution in [3.63, 3.8) is 0 Å². The third kappa shape index (κ3) is 6.61. The van der Waals surface area contributed by atoms with Gasteiger partial charge in [0.05, 0.1) is 11.4 Å². The highest BCUT2D eigenvalue weighted by Crippen LogP contribution is 2.24. The molecule has 0 bridgehead atoms. The molecule has 3 heterocycles. The first kappa shape index (κ1) is 22.9. The summed E-state index contributed by atoms with van der Waals surface area (Å²) < 4.78 is 2.06. The molecule has 7 nitrogen and oxygen atoms in total. The Balaban J connectivity index is 0.00000280. The number of thiazole rings is 1. The zero-order valence-corrected chi connectivity index (χ0v) is 20.2. The van der Waals surface area contributed by atoms with Crippen molar-refractivity contribution < 1.29 is 0 Å². The Kier molecular flexibility index (Phi) is 9.49. The van der Waals surface area contributed by atoms with E-state index in [0.717, 1.165) is 62.9 Å². The molecule has 28 heavy (non-hydrogen) atoms. The predicted octanol–water partition coefficient (Wildman–Crippen LogP) is 2.97. The Morgan fingerprint density at radius 2 is 1.96 bits per heavy atom. The first-order valence-electron chi connectivity index (χ1n) is 9.80. The van der Waals surface area contributed by atoms with Gasteiger partial charge in [-0.1, -0.05) is 0 Å². The minimum atomic E-state index is 0. The molecule has 1 aliphatic heterocycles. The van der Waals surface area contributed by atoms with Crippen molar-refractivity contribution in [2.75, 3.05) is 38.1 Å². The van der Waals surface area contributed by atoms with Crippen LogP contribution in [0.1, 0.15) is 36.3 Å². The van der Waals surface area contributed by atoms with Crippen LogP contribution in [0.2, 0.25) is 0 Å². The van der Waals surface area contributed by atoms with E-state index in [4.69, 9.17) is 4.98 Å². The number of hydrogen-bond donors (Lipinski definition) is 2. The van der Waals surface area contributed by atoms with Gasteiger partial charge in [-0.3, -0.25) is 9.67 Å². The van der Waals surface area contributed by atoms with Crippen molar-refractivity contribution in [1.82, 2.24) is 25.4 Å². The monoisotopic (exact) mass is 517 g/mol. The molecule has 1 aliphatic rings. The van der Waals surface area contributed by atoms with Crippen LogP contribution in [0.25, 0.3) is 0 Å². The Morgan fingerprint density at radius 1 is 1.21 bits per heavy atom. The molecule has 0 saturated carbocycles. The maximum Gasteiger partial charge on any atom is 0.190 e. The third-order valence-corrected chi connectivity index (χ3v) is 5.71. The number of nitrogens with one attached hydrogen (secondary N) is 2. The van der Waals surface area contributed by atoms with Crippen molar-refractivity contribution in [3.8, 4) is 0 Å². The normalized spacial score (nSPS) is 14.2.